The molecule has 2 heterocycles. The number of aliphatic hydroxyl groups is 1. The van der Waals surface area contributed by atoms with Crippen LogP contribution in [0.15, 0.2) is 47.1 Å². The molecule has 1 atom stereocenters. The van der Waals surface area contributed by atoms with Gasteiger partial charge in [0.25, 0.3) is 0 Å². The second kappa shape index (κ2) is 15.6. The molecule has 3 aromatic rings. The van der Waals surface area contributed by atoms with Crippen LogP contribution in [-0.4, -0.2) is 53.4 Å². The molecule has 2 aliphatic rings. The molecular weight excluding hydrogens is 584 g/mol. The number of hydrogen-bond donors (Lipinski definition) is 3. The number of aryl methyl sites for hydroxylation is 1. The minimum atomic E-state index is -0.523. The van der Waals surface area contributed by atoms with E-state index < -0.39 is 6.09 Å². The molecule has 0 aliphatic heterocycles. The number of ether oxygens (including phenoxy) is 2. The van der Waals surface area contributed by atoms with Gasteiger partial charge in [-0.1, -0.05) is 32.0 Å². The SMILES string of the molecule is COc1ccc(C2CCC(C(NC(=O)C3CCC(NC(=O)OCCO)CC3)c3cccc(-c4coc(C(C)C)n4)c3)CC2)nc1C. The summed E-state index contributed by atoms with van der Waals surface area (Å²) >= 11 is 0. The van der Waals surface area contributed by atoms with Crippen LogP contribution in [0, 0.1) is 18.8 Å². The third kappa shape index (κ3) is 8.26. The van der Waals surface area contributed by atoms with E-state index in [-0.39, 0.29) is 49.0 Å². The van der Waals surface area contributed by atoms with Crippen LogP contribution in [0.1, 0.15) is 106 Å². The second-order valence-electron chi connectivity index (χ2n) is 13.0. The summed E-state index contributed by atoms with van der Waals surface area (Å²) in [5.74, 6) is 2.30. The minimum Gasteiger partial charge on any atom is -0.495 e. The van der Waals surface area contributed by atoms with Crippen LogP contribution in [0.25, 0.3) is 11.3 Å². The molecule has 0 spiro atoms. The minimum absolute atomic E-state index is 0.0279. The Morgan fingerprint density at radius 2 is 1.78 bits per heavy atom. The van der Waals surface area contributed by atoms with E-state index in [4.69, 9.17) is 29.0 Å². The number of pyridine rings is 1. The molecule has 3 N–H and O–H groups in total. The number of benzene rings is 1. The van der Waals surface area contributed by atoms with Crippen LogP contribution in [0.5, 0.6) is 5.75 Å². The molecule has 248 valence electrons. The zero-order valence-corrected chi connectivity index (χ0v) is 27.5. The number of methoxy groups -OCH3 is 1. The Bertz CT molecular complexity index is 1460. The molecule has 46 heavy (non-hydrogen) atoms. The molecule has 2 saturated carbocycles. The normalized spacial score (nSPS) is 22.2. The first kappa shape index (κ1) is 33.4. The zero-order valence-electron chi connectivity index (χ0n) is 27.5. The van der Waals surface area contributed by atoms with Crippen molar-refractivity contribution in [3.8, 4) is 17.0 Å². The van der Waals surface area contributed by atoms with Crippen molar-refractivity contribution in [2.24, 2.45) is 11.8 Å². The maximum absolute atomic E-state index is 13.8. The highest BCUT2D eigenvalue weighted by molar-refractivity contribution is 5.79. The molecule has 2 amide bonds. The molecule has 2 fully saturated rings. The molecule has 10 heteroatoms. The van der Waals surface area contributed by atoms with Crippen molar-refractivity contribution < 1.29 is 28.6 Å². The first-order chi connectivity index (χ1) is 22.2. The van der Waals surface area contributed by atoms with Crippen LogP contribution >= 0.6 is 0 Å². The van der Waals surface area contributed by atoms with Crippen LogP contribution in [0.3, 0.4) is 0 Å². The average molecular weight is 633 g/mol. The number of rotatable bonds is 11. The van der Waals surface area contributed by atoms with Gasteiger partial charge in [0, 0.05) is 35.1 Å². The summed E-state index contributed by atoms with van der Waals surface area (Å²) in [6.07, 6.45) is 7.92. The third-order valence-corrected chi connectivity index (χ3v) is 9.54. The molecule has 10 nitrogen and oxygen atoms in total. The molecule has 0 radical (unpaired) electrons. The summed E-state index contributed by atoms with van der Waals surface area (Å²) in [5.41, 5.74) is 4.85. The second-order valence-corrected chi connectivity index (χ2v) is 13.0. The van der Waals surface area contributed by atoms with E-state index >= 15 is 0 Å². The number of aliphatic hydroxyl groups excluding tert-OH is 1. The van der Waals surface area contributed by atoms with Crippen molar-refractivity contribution in [1.82, 2.24) is 20.6 Å². The van der Waals surface area contributed by atoms with Crippen molar-refractivity contribution >= 4 is 12.0 Å². The number of amides is 2. The van der Waals surface area contributed by atoms with E-state index in [1.807, 2.05) is 25.1 Å². The Balaban J connectivity index is 1.30. The molecule has 0 saturated heterocycles. The number of nitrogens with zero attached hydrogens (tertiary/aromatic N) is 2. The van der Waals surface area contributed by atoms with Gasteiger partial charge in [-0.3, -0.25) is 9.78 Å². The molecule has 1 aromatic carbocycles. The van der Waals surface area contributed by atoms with Crippen LogP contribution < -0.4 is 15.4 Å². The smallest absolute Gasteiger partial charge is 0.407 e. The molecule has 1 unspecified atom stereocenters. The highest BCUT2D eigenvalue weighted by Crippen LogP contribution is 2.42. The van der Waals surface area contributed by atoms with E-state index in [0.717, 1.165) is 59.6 Å². The Labute approximate surface area is 271 Å². The predicted octanol–water partition coefficient (Wildman–Crippen LogP) is 6.59. The van der Waals surface area contributed by atoms with Crippen molar-refractivity contribution in [2.75, 3.05) is 20.3 Å². The maximum atomic E-state index is 13.8. The number of nitrogens with one attached hydrogen (secondary N) is 2. The lowest BCUT2D eigenvalue weighted by Crippen LogP contribution is -2.43. The number of aromatic nitrogens is 2. The predicted molar refractivity (Wildman–Crippen MR) is 174 cm³/mol. The molecule has 2 aromatic heterocycles. The zero-order chi connectivity index (χ0) is 32.6. The summed E-state index contributed by atoms with van der Waals surface area (Å²) in [6, 6.07) is 12.2. The molecule has 5 rings (SSSR count). The van der Waals surface area contributed by atoms with Crippen LogP contribution in [-0.2, 0) is 9.53 Å². The van der Waals surface area contributed by atoms with Gasteiger partial charge in [-0.15, -0.1) is 0 Å². The highest BCUT2D eigenvalue weighted by atomic mass is 16.6. The lowest BCUT2D eigenvalue weighted by molar-refractivity contribution is -0.127. The number of oxazole rings is 1. The highest BCUT2D eigenvalue weighted by Gasteiger charge is 2.34. The van der Waals surface area contributed by atoms with E-state index in [1.165, 1.54) is 0 Å². The summed E-state index contributed by atoms with van der Waals surface area (Å²) in [7, 11) is 1.67. The van der Waals surface area contributed by atoms with Crippen molar-refractivity contribution in [2.45, 2.75) is 96.1 Å². The number of carbonyl (C=O) groups excluding carboxylic acids is 2. The maximum Gasteiger partial charge on any atom is 0.407 e. The van der Waals surface area contributed by atoms with E-state index in [9.17, 15) is 9.59 Å². The number of hydrogen-bond acceptors (Lipinski definition) is 8. The van der Waals surface area contributed by atoms with Gasteiger partial charge >= 0.3 is 6.09 Å². The van der Waals surface area contributed by atoms with Crippen LogP contribution in [0.2, 0.25) is 0 Å². The van der Waals surface area contributed by atoms with E-state index in [1.54, 1.807) is 13.4 Å². The Kier molecular flexibility index (Phi) is 11.3. The van der Waals surface area contributed by atoms with Gasteiger partial charge in [-0.25, -0.2) is 9.78 Å². The summed E-state index contributed by atoms with van der Waals surface area (Å²) in [5, 5.41) is 15.2. The van der Waals surface area contributed by atoms with Gasteiger partial charge in [0.15, 0.2) is 5.89 Å². The first-order valence-electron chi connectivity index (χ1n) is 16.7. The largest absolute Gasteiger partial charge is 0.495 e. The molecule has 0 bridgehead atoms. The standard InChI is InChI=1S/C36H48N4O6/c1-22(2)35-39-31(21-46-35)27-6-5-7-28(20-27)33(25-10-8-24(9-11-25)30-16-17-32(44-4)23(3)37-30)40-34(42)26-12-14-29(15-13-26)38-36(43)45-19-18-41/h5-7,16-17,20-22,24-26,29,33,41H,8-15,18-19H2,1-4H3,(H,38,43)(H,40,42). The van der Waals surface area contributed by atoms with Crippen molar-refractivity contribution in [3.05, 3.63) is 65.5 Å². The fraction of sp³-hybridized carbons (Fsp3) is 0.556. The van der Waals surface area contributed by atoms with Gasteiger partial charge in [-0.2, -0.15) is 0 Å². The van der Waals surface area contributed by atoms with Gasteiger partial charge in [0.1, 0.15) is 24.3 Å². The van der Waals surface area contributed by atoms with E-state index in [0.29, 0.717) is 37.5 Å². The summed E-state index contributed by atoms with van der Waals surface area (Å²) < 4.78 is 16.1. The third-order valence-electron chi connectivity index (χ3n) is 9.54. The van der Waals surface area contributed by atoms with E-state index in [2.05, 4.69) is 42.7 Å². The number of alkyl carbamates (subject to hydrolysis) is 1. The monoisotopic (exact) mass is 632 g/mol. The summed E-state index contributed by atoms with van der Waals surface area (Å²) in [4.78, 5) is 35.3. The average Bonchev–Trinajstić information content (AvgIpc) is 3.58. The van der Waals surface area contributed by atoms with Gasteiger partial charge in [0.2, 0.25) is 5.91 Å². The lowest BCUT2D eigenvalue weighted by atomic mass is 9.75. The van der Waals surface area contributed by atoms with Crippen LogP contribution in [0.4, 0.5) is 4.79 Å². The van der Waals surface area contributed by atoms with Crippen molar-refractivity contribution in [3.63, 3.8) is 0 Å². The van der Waals surface area contributed by atoms with Gasteiger partial charge in [0.05, 0.1) is 25.5 Å². The topological polar surface area (TPSA) is 136 Å². The Morgan fingerprint density at radius 1 is 1.02 bits per heavy atom. The quantitative estimate of drug-likeness (QED) is 0.216. The fourth-order valence-electron chi connectivity index (χ4n) is 6.93. The Hall–Kier alpha value is -3.92. The number of carbonyl (C=O) groups is 2. The first-order valence-corrected chi connectivity index (χ1v) is 16.7. The van der Waals surface area contributed by atoms with Crippen molar-refractivity contribution in [1.29, 1.82) is 0 Å². The lowest BCUT2D eigenvalue weighted by Gasteiger charge is -2.36. The fourth-order valence-corrected chi connectivity index (χ4v) is 6.93. The Morgan fingerprint density at radius 3 is 2.43 bits per heavy atom. The van der Waals surface area contributed by atoms with Gasteiger partial charge in [-0.05, 0) is 88.0 Å². The molecule has 2 aliphatic carbocycles. The molecular formula is C36H48N4O6. The summed E-state index contributed by atoms with van der Waals surface area (Å²) in [6.45, 7) is 5.87. The van der Waals surface area contributed by atoms with Gasteiger partial charge < -0.3 is 29.6 Å².